The van der Waals surface area contributed by atoms with E-state index < -0.39 is 0 Å². The lowest BCUT2D eigenvalue weighted by Crippen LogP contribution is -2.45. The van der Waals surface area contributed by atoms with Crippen molar-refractivity contribution in [2.24, 2.45) is 5.41 Å². The minimum absolute atomic E-state index is 0.0174. The largest absolute Gasteiger partial charge is 0.423 e. The molecule has 1 atom stereocenters. The first kappa shape index (κ1) is 24.4. The normalized spacial score (nSPS) is 20.4. The SMILES string of the molecule is Cc1noc(C)c1CC(=O)N1CCC2(CC1)CC(c1nnc(C(C)C)o1)N(CC(=O)N(C)C)C2. The van der Waals surface area contributed by atoms with Gasteiger partial charge >= 0.3 is 0 Å². The van der Waals surface area contributed by atoms with Gasteiger partial charge in [0.2, 0.25) is 23.6 Å². The third-order valence-electron chi connectivity index (χ3n) is 7.36. The zero-order valence-corrected chi connectivity index (χ0v) is 21.1. The molecule has 0 bridgehead atoms. The van der Waals surface area contributed by atoms with Gasteiger partial charge in [-0.3, -0.25) is 14.5 Å². The van der Waals surface area contributed by atoms with Gasteiger partial charge in [0.25, 0.3) is 0 Å². The molecule has 10 nitrogen and oxygen atoms in total. The van der Waals surface area contributed by atoms with E-state index in [0.29, 0.717) is 43.6 Å². The number of amides is 2. The van der Waals surface area contributed by atoms with E-state index in [9.17, 15) is 9.59 Å². The van der Waals surface area contributed by atoms with Crippen LogP contribution in [0.1, 0.15) is 73.9 Å². The van der Waals surface area contributed by atoms with Gasteiger partial charge in [-0.1, -0.05) is 19.0 Å². The number of piperidine rings is 1. The zero-order chi connectivity index (χ0) is 24.6. The van der Waals surface area contributed by atoms with Crippen LogP contribution < -0.4 is 0 Å². The number of likely N-dealkylation sites (N-methyl/N-ethyl adjacent to an activating group) is 1. The molecule has 2 aliphatic heterocycles. The molecule has 2 saturated heterocycles. The zero-order valence-electron chi connectivity index (χ0n) is 21.1. The summed E-state index contributed by atoms with van der Waals surface area (Å²) >= 11 is 0. The quantitative estimate of drug-likeness (QED) is 0.631. The monoisotopic (exact) mass is 472 g/mol. The van der Waals surface area contributed by atoms with Gasteiger partial charge in [-0.05, 0) is 38.5 Å². The summed E-state index contributed by atoms with van der Waals surface area (Å²) in [6.45, 7) is 10.3. The Morgan fingerprint density at radius 1 is 1.18 bits per heavy atom. The van der Waals surface area contributed by atoms with E-state index in [1.54, 1.807) is 19.0 Å². The van der Waals surface area contributed by atoms with E-state index in [1.165, 1.54) is 0 Å². The Morgan fingerprint density at radius 2 is 1.88 bits per heavy atom. The molecule has 2 amide bonds. The molecule has 2 aromatic heterocycles. The van der Waals surface area contributed by atoms with Crippen LogP contribution in [0.15, 0.2) is 8.94 Å². The number of aryl methyl sites for hydroxylation is 2. The van der Waals surface area contributed by atoms with Gasteiger partial charge < -0.3 is 18.7 Å². The van der Waals surface area contributed by atoms with Gasteiger partial charge in [-0.15, -0.1) is 10.2 Å². The number of aromatic nitrogens is 3. The third kappa shape index (κ3) is 4.87. The van der Waals surface area contributed by atoms with Gasteiger partial charge in [-0.25, -0.2) is 0 Å². The van der Waals surface area contributed by atoms with E-state index >= 15 is 0 Å². The lowest BCUT2D eigenvalue weighted by molar-refractivity contribution is -0.132. The second-order valence-corrected chi connectivity index (χ2v) is 10.4. The molecule has 0 saturated carbocycles. The average molecular weight is 473 g/mol. The Labute approximate surface area is 200 Å². The van der Waals surface area contributed by atoms with Crippen LogP contribution in [0.3, 0.4) is 0 Å². The standard InChI is InChI=1S/C24H36N6O4/c1-15(2)22-25-26-23(33-22)19-12-24(14-30(19)13-21(32)28(5)6)7-9-29(10-8-24)20(31)11-18-16(3)27-34-17(18)4/h15,19H,7-14H2,1-6H3. The highest BCUT2D eigenvalue weighted by Gasteiger charge is 2.48. The molecule has 186 valence electrons. The topological polar surface area (TPSA) is 109 Å². The Balaban J connectivity index is 1.46. The molecule has 2 fully saturated rings. The molecular formula is C24H36N6O4. The van der Waals surface area contributed by atoms with Gasteiger partial charge in [-0.2, -0.15) is 0 Å². The maximum Gasteiger partial charge on any atom is 0.236 e. The molecule has 4 heterocycles. The number of rotatable bonds is 6. The summed E-state index contributed by atoms with van der Waals surface area (Å²) in [7, 11) is 3.55. The molecule has 0 aromatic carbocycles. The first-order valence-corrected chi connectivity index (χ1v) is 12.1. The average Bonchev–Trinajstić information content (AvgIpc) is 3.49. The Bertz CT molecular complexity index is 1010. The van der Waals surface area contributed by atoms with Crippen molar-refractivity contribution in [2.75, 3.05) is 40.3 Å². The van der Waals surface area contributed by atoms with Gasteiger partial charge in [0, 0.05) is 45.2 Å². The Kier molecular flexibility index (Phi) is 6.80. The maximum atomic E-state index is 13.0. The molecule has 1 unspecified atom stereocenters. The molecule has 10 heteroatoms. The van der Waals surface area contributed by atoms with Crippen LogP contribution in [0.2, 0.25) is 0 Å². The number of likely N-dealkylation sites (tertiary alicyclic amines) is 2. The van der Waals surface area contributed by atoms with Crippen molar-refractivity contribution in [1.82, 2.24) is 30.1 Å². The van der Waals surface area contributed by atoms with Crippen LogP contribution in [0.25, 0.3) is 0 Å². The van der Waals surface area contributed by atoms with Crippen molar-refractivity contribution >= 4 is 11.8 Å². The Hall–Kier alpha value is -2.75. The fraction of sp³-hybridized carbons (Fsp3) is 0.708. The van der Waals surface area contributed by atoms with Crippen molar-refractivity contribution in [1.29, 1.82) is 0 Å². The Morgan fingerprint density at radius 3 is 2.44 bits per heavy atom. The summed E-state index contributed by atoms with van der Waals surface area (Å²) in [6, 6.07) is -0.0894. The number of hydrogen-bond acceptors (Lipinski definition) is 8. The van der Waals surface area contributed by atoms with Crippen LogP contribution in [-0.2, 0) is 16.0 Å². The summed E-state index contributed by atoms with van der Waals surface area (Å²) in [5.74, 6) is 2.23. The lowest BCUT2D eigenvalue weighted by atomic mass is 9.76. The molecule has 4 rings (SSSR count). The number of hydrogen-bond donors (Lipinski definition) is 0. The predicted molar refractivity (Wildman–Crippen MR) is 124 cm³/mol. The van der Waals surface area contributed by atoms with Crippen LogP contribution in [0.5, 0.6) is 0 Å². The molecule has 0 N–H and O–H groups in total. The lowest BCUT2D eigenvalue weighted by Gasteiger charge is -2.39. The first-order chi connectivity index (χ1) is 16.1. The van der Waals surface area contributed by atoms with Gasteiger partial charge in [0.05, 0.1) is 24.7 Å². The molecule has 2 aliphatic rings. The number of carbonyl (C=O) groups excluding carboxylic acids is 2. The molecule has 0 aliphatic carbocycles. The fourth-order valence-electron chi connectivity index (χ4n) is 5.09. The van der Waals surface area contributed by atoms with Crippen LogP contribution in [0, 0.1) is 19.3 Å². The molecular weight excluding hydrogens is 436 g/mol. The van der Waals surface area contributed by atoms with Gasteiger partial charge in [0.15, 0.2) is 0 Å². The summed E-state index contributed by atoms with van der Waals surface area (Å²) in [5, 5.41) is 12.5. The maximum absolute atomic E-state index is 13.0. The second-order valence-electron chi connectivity index (χ2n) is 10.4. The highest BCUT2D eigenvalue weighted by atomic mass is 16.5. The van der Waals surface area contributed by atoms with E-state index in [1.807, 2.05) is 32.6 Å². The van der Waals surface area contributed by atoms with Crippen molar-refractivity contribution in [2.45, 2.75) is 65.3 Å². The summed E-state index contributed by atoms with van der Waals surface area (Å²) in [6.07, 6.45) is 2.93. The van der Waals surface area contributed by atoms with E-state index in [-0.39, 0.29) is 29.2 Å². The number of carbonyl (C=O) groups is 2. The fourth-order valence-corrected chi connectivity index (χ4v) is 5.09. The highest BCUT2D eigenvalue weighted by molar-refractivity contribution is 5.79. The molecule has 2 aromatic rings. The van der Waals surface area contributed by atoms with Crippen LogP contribution in [-0.4, -0.2) is 82.1 Å². The smallest absolute Gasteiger partial charge is 0.236 e. The summed E-state index contributed by atoms with van der Waals surface area (Å²) in [5.41, 5.74) is 1.68. The highest BCUT2D eigenvalue weighted by Crippen LogP contribution is 2.48. The van der Waals surface area contributed by atoms with E-state index in [2.05, 4.69) is 20.3 Å². The molecule has 0 radical (unpaired) electrons. The molecule has 34 heavy (non-hydrogen) atoms. The van der Waals surface area contributed by atoms with Crippen molar-refractivity contribution in [3.05, 3.63) is 28.8 Å². The summed E-state index contributed by atoms with van der Waals surface area (Å²) < 4.78 is 11.2. The molecule has 1 spiro atoms. The van der Waals surface area contributed by atoms with Crippen LogP contribution >= 0.6 is 0 Å². The van der Waals surface area contributed by atoms with E-state index in [4.69, 9.17) is 8.94 Å². The van der Waals surface area contributed by atoms with Crippen molar-refractivity contribution in [3.63, 3.8) is 0 Å². The number of nitrogens with zero attached hydrogens (tertiary/aromatic N) is 6. The van der Waals surface area contributed by atoms with Crippen molar-refractivity contribution in [3.8, 4) is 0 Å². The second kappa shape index (κ2) is 9.48. The minimum atomic E-state index is -0.0894. The van der Waals surface area contributed by atoms with Crippen LogP contribution in [0.4, 0.5) is 0 Å². The predicted octanol–water partition coefficient (Wildman–Crippen LogP) is 2.48. The third-order valence-corrected chi connectivity index (χ3v) is 7.36. The minimum Gasteiger partial charge on any atom is -0.423 e. The van der Waals surface area contributed by atoms with E-state index in [0.717, 1.165) is 37.1 Å². The first-order valence-electron chi connectivity index (χ1n) is 12.1. The summed E-state index contributed by atoms with van der Waals surface area (Å²) in [4.78, 5) is 31.3. The van der Waals surface area contributed by atoms with Crippen molar-refractivity contribution < 1.29 is 18.5 Å². The van der Waals surface area contributed by atoms with Gasteiger partial charge in [0.1, 0.15) is 5.76 Å².